The molecule has 0 bridgehead atoms. The van der Waals surface area contributed by atoms with Crippen LogP contribution in [0, 0.1) is 5.41 Å². The summed E-state index contributed by atoms with van der Waals surface area (Å²) in [5, 5.41) is 15.3. The average Bonchev–Trinajstić information content (AvgIpc) is 3.10. The SMILES string of the molecule is CCc1ccc(/C=C2\C(=N)N3N=C(c4cccnc4)SC3=NC2=O)cc1. The quantitative estimate of drug-likeness (QED) is 0.851. The van der Waals surface area contributed by atoms with Crippen molar-refractivity contribution < 1.29 is 4.79 Å². The molecule has 26 heavy (non-hydrogen) atoms. The number of amidine groups is 2. The summed E-state index contributed by atoms with van der Waals surface area (Å²) < 4.78 is 0. The molecule has 0 fully saturated rings. The van der Waals surface area contributed by atoms with E-state index < -0.39 is 5.91 Å². The van der Waals surface area contributed by atoms with E-state index >= 15 is 0 Å². The maximum absolute atomic E-state index is 12.4. The lowest BCUT2D eigenvalue weighted by molar-refractivity contribution is -0.114. The van der Waals surface area contributed by atoms with Gasteiger partial charge in [0.1, 0.15) is 5.04 Å². The minimum atomic E-state index is -0.420. The van der Waals surface area contributed by atoms with E-state index in [1.54, 1.807) is 18.5 Å². The molecule has 128 valence electrons. The third-order valence-electron chi connectivity index (χ3n) is 4.06. The number of fused-ring (bicyclic) bond motifs is 1. The van der Waals surface area contributed by atoms with E-state index in [-0.39, 0.29) is 11.4 Å². The summed E-state index contributed by atoms with van der Waals surface area (Å²) in [5.74, 6) is -0.387. The van der Waals surface area contributed by atoms with Gasteiger partial charge in [-0.2, -0.15) is 15.1 Å². The predicted octanol–water partition coefficient (Wildman–Crippen LogP) is 3.31. The van der Waals surface area contributed by atoms with Gasteiger partial charge in [-0.05, 0) is 47.5 Å². The van der Waals surface area contributed by atoms with E-state index in [1.807, 2.05) is 36.4 Å². The number of carbonyl (C=O) groups is 1. The molecule has 0 saturated heterocycles. The van der Waals surface area contributed by atoms with Gasteiger partial charge in [0.25, 0.3) is 5.91 Å². The molecule has 0 saturated carbocycles. The number of hydrazone groups is 1. The van der Waals surface area contributed by atoms with E-state index in [4.69, 9.17) is 5.41 Å². The number of aromatic nitrogens is 1. The Labute approximate surface area is 154 Å². The fourth-order valence-corrected chi connectivity index (χ4v) is 3.50. The molecule has 0 spiro atoms. The van der Waals surface area contributed by atoms with Crippen molar-refractivity contribution in [1.29, 1.82) is 5.41 Å². The second-order valence-corrected chi connectivity index (χ2v) is 6.72. The molecule has 2 aliphatic rings. The highest BCUT2D eigenvalue weighted by molar-refractivity contribution is 8.27. The van der Waals surface area contributed by atoms with Crippen LogP contribution in [-0.2, 0) is 11.2 Å². The highest BCUT2D eigenvalue weighted by Gasteiger charge is 2.36. The van der Waals surface area contributed by atoms with Gasteiger partial charge in [-0.25, -0.2) is 0 Å². The van der Waals surface area contributed by atoms with Crippen molar-refractivity contribution in [3.8, 4) is 0 Å². The third-order valence-corrected chi connectivity index (χ3v) is 5.02. The number of carbonyl (C=O) groups excluding carboxylic acids is 1. The highest BCUT2D eigenvalue weighted by atomic mass is 32.2. The van der Waals surface area contributed by atoms with Gasteiger partial charge in [0.2, 0.25) is 5.17 Å². The standard InChI is InChI=1S/C19H15N5OS/c1-2-12-5-7-13(8-6-12)10-15-16(20)24-19(22-17(15)25)26-18(23-24)14-4-3-9-21-11-14/h3-11,20H,2H2,1H3/b15-10+,20-16?. The Hall–Kier alpha value is -3.06. The zero-order chi connectivity index (χ0) is 18.1. The molecule has 0 radical (unpaired) electrons. The summed E-state index contributed by atoms with van der Waals surface area (Å²) >= 11 is 1.27. The molecule has 1 aromatic carbocycles. The second kappa shape index (κ2) is 6.68. The van der Waals surface area contributed by atoms with Crippen molar-refractivity contribution in [3.05, 3.63) is 71.1 Å². The zero-order valence-corrected chi connectivity index (χ0v) is 14.8. The molecule has 0 aliphatic carbocycles. The number of nitrogens with one attached hydrogen (secondary N) is 1. The van der Waals surface area contributed by atoms with Crippen molar-refractivity contribution in [3.63, 3.8) is 0 Å². The topological polar surface area (TPSA) is 81.8 Å². The maximum Gasteiger partial charge on any atom is 0.283 e. The minimum Gasteiger partial charge on any atom is -0.282 e. The van der Waals surface area contributed by atoms with Crippen LogP contribution in [-0.4, -0.2) is 31.9 Å². The number of rotatable bonds is 3. The van der Waals surface area contributed by atoms with Crippen LogP contribution in [0.4, 0.5) is 0 Å². The van der Waals surface area contributed by atoms with Crippen LogP contribution in [0.1, 0.15) is 23.6 Å². The van der Waals surface area contributed by atoms with Crippen LogP contribution in [0.3, 0.4) is 0 Å². The lowest BCUT2D eigenvalue weighted by Gasteiger charge is -2.20. The molecule has 3 heterocycles. The van der Waals surface area contributed by atoms with Gasteiger partial charge in [0.15, 0.2) is 5.84 Å². The summed E-state index contributed by atoms with van der Waals surface area (Å²) in [6.07, 6.45) is 6.02. The Balaban J connectivity index is 1.66. The smallest absolute Gasteiger partial charge is 0.282 e. The average molecular weight is 361 g/mol. The number of amides is 1. The molecule has 0 atom stereocenters. The number of aliphatic imine (C=N–C) groups is 1. The molecule has 4 rings (SSSR count). The maximum atomic E-state index is 12.4. The largest absolute Gasteiger partial charge is 0.283 e. The lowest BCUT2D eigenvalue weighted by atomic mass is 10.1. The molecular formula is C19H15N5OS. The Morgan fingerprint density at radius 2 is 2.04 bits per heavy atom. The molecular weight excluding hydrogens is 346 g/mol. The molecule has 7 heteroatoms. The van der Waals surface area contributed by atoms with Gasteiger partial charge >= 0.3 is 0 Å². The molecule has 1 amide bonds. The van der Waals surface area contributed by atoms with Crippen molar-refractivity contribution in [1.82, 2.24) is 9.99 Å². The monoisotopic (exact) mass is 361 g/mol. The van der Waals surface area contributed by atoms with Gasteiger partial charge < -0.3 is 0 Å². The first-order valence-corrected chi connectivity index (χ1v) is 8.97. The Morgan fingerprint density at radius 1 is 1.23 bits per heavy atom. The number of pyridine rings is 1. The number of nitrogens with zero attached hydrogens (tertiary/aromatic N) is 4. The van der Waals surface area contributed by atoms with E-state index in [2.05, 4.69) is 22.0 Å². The van der Waals surface area contributed by atoms with Gasteiger partial charge in [-0.1, -0.05) is 31.2 Å². The Kier molecular flexibility index (Phi) is 4.22. The first-order chi connectivity index (χ1) is 12.7. The van der Waals surface area contributed by atoms with E-state index in [0.717, 1.165) is 17.5 Å². The molecule has 6 nitrogen and oxygen atoms in total. The van der Waals surface area contributed by atoms with Crippen LogP contribution in [0.5, 0.6) is 0 Å². The van der Waals surface area contributed by atoms with Gasteiger partial charge in [0, 0.05) is 18.0 Å². The number of thioether (sulfide) groups is 1. The van der Waals surface area contributed by atoms with Crippen molar-refractivity contribution >= 4 is 39.8 Å². The van der Waals surface area contributed by atoms with E-state index in [9.17, 15) is 4.79 Å². The molecule has 2 aromatic rings. The third kappa shape index (κ3) is 2.97. The lowest BCUT2D eigenvalue weighted by Crippen LogP contribution is -2.35. The fourth-order valence-electron chi connectivity index (χ4n) is 2.61. The van der Waals surface area contributed by atoms with Crippen LogP contribution in [0.25, 0.3) is 6.08 Å². The summed E-state index contributed by atoms with van der Waals surface area (Å²) in [7, 11) is 0. The zero-order valence-electron chi connectivity index (χ0n) is 14.0. The fraction of sp³-hybridized carbons (Fsp3) is 0.105. The van der Waals surface area contributed by atoms with Crippen molar-refractivity contribution in [2.45, 2.75) is 13.3 Å². The van der Waals surface area contributed by atoms with Crippen LogP contribution in [0.2, 0.25) is 0 Å². The number of benzene rings is 1. The first-order valence-electron chi connectivity index (χ1n) is 8.15. The van der Waals surface area contributed by atoms with Gasteiger partial charge in [-0.3, -0.25) is 15.2 Å². The number of hydrogen-bond acceptors (Lipinski definition) is 5. The first kappa shape index (κ1) is 16.4. The molecule has 2 aliphatic heterocycles. The Bertz CT molecular complexity index is 977. The minimum absolute atomic E-state index is 0.0333. The van der Waals surface area contributed by atoms with Crippen LogP contribution >= 0.6 is 11.8 Å². The number of hydrogen-bond donors (Lipinski definition) is 1. The second-order valence-electron chi connectivity index (χ2n) is 5.76. The highest BCUT2D eigenvalue weighted by Crippen LogP contribution is 2.30. The predicted molar refractivity (Wildman–Crippen MR) is 104 cm³/mol. The van der Waals surface area contributed by atoms with E-state index in [1.165, 1.54) is 22.3 Å². The number of aryl methyl sites for hydroxylation is 1. The van der Waals surface area contributed by atoms with E-state index in [0.29, 0.717) is 10.2 Å². The van der Waals surface area contributed by atoms with Crippen LogP contribution < -0.4 is 0 Å². The Morgan fingerprint density at radius 3 is 2.73 bits per heavy atom. The summed E-state index contributed by atoms with van der Waals surface area (Å²) in [4.78, 5) is 20.6. The van der Waals surface area contributed by atoms with Crippen LogP contribution in [0.15, 0.2) is 64.5 Å². The van der Waals surface area contributed by atoms with Crippen molar-refractivity contribution in [2.24, 2.45) is 10.1 Å². The van der Waals surface area contributed by atoms with Gasteiger partial charge in [-0.15, -0.1) is 0 Å². The summed E-state index contributed by atoms with van der Waals surface area (Å²) in [5.41, 5.74) is 3.14. The van der Waals surface area contributed by atoms with Gasteiger partial charge in [0.05, 0.1) is 5.57 Å². The summed E-state index contributed by atoms with van der Waals surface area (Å²) in [6, 6.07) is 11.6. The normalized spacial score (nSPS) is 18.0. The summed E-state index contributed by atoms with van der Waals surface area (Å²) in [6.45, 7) is 2.09. The van der Waals surface area contributed by atoms with Crippen molar-refractivity contribution in [2.75, 3.05) is 0 Å². The molecule has 0 unspecified atom stereocenters. The molecule has 1 aromatic heterocycles. The molecule has 1 N–H and O–H groups in total.